The van der Waals surface area contributed by atoms with Crippen molar-refractivity contribution in [2.75, 3.05) is 13.2 Å². The molecule has 2 aromatic rings. The molecule has 1 atom stereocenters. The summed E-state index contributed by atoms with van der Waals surface area (Å²) in [6, 6.07) is 16.0. The number of aliphatic carboxylic acids is 1. The molecule has 5 heteroatoms. The third-order valence-electron chi connectivity index (χ3n) is 4.12. The van der Waals surface area contributed by atoms with Gasteiger partial charge in [-0.25, -0.2) is 4.79 Å². The zero-order valence-corrected chi connectivity index (χ0v) is 13.6. The molecule has 2 aromatic carbocycles. The van der Waals surface area contributed by atoms with Crippen LogP contribution in [0.4, 0.5) is 0 Å². The summed E-state index contributed by atoms with van der Waals surface area (Å²) in [7, 11) is 0. The first-order valence-corrected chi connectivity index (χ1v) is 8.00. The van der Waals surface area contributed by atoms with Crippen molar-refractivity contribution in [3.63, 3.8) is 0 Å². The largest absolute Gasteiger partial charge is 0.492 e. The fourth-order valence-electron chi connectivity index (χ4n) is 2.75. The summed E-state index contributed by atoms with van der Waals surface area (Å²) in [6.07, 6.45) is 0. The molecule has 24 heavy (non-hydrogen) atoms. The lowest BCUT2D eigenvalue weighted by Crippen LogP contribution is -2.34. The van der Waals surface area contributed by atoms with E-state index in [0.29, 0.717) is 18.4 Å². The van der Waals surface area contributed by atoms with Gasteiger partial charge in [-0.3, -0.25) is 4.90 Å². The number of fused-ring (bicyclic) bond motifs is 1. The first kappa shape index (κ1) is 16.3. The van der Waals surface area contributed by atoms with Crippen LogP contribution in [0.3, 0.4) is 0 Å². The van der Waals surface area contributed by atoms with E-state index in [-0.39, 0.29) is 6.61 Å². The Bertz CT molecular complexity index is 699. The summed E-state index contributed by atoms with van der Waals surface area (Å²) < 4.78 is 11.1. The monoisotopic (exact) mass is 327 g/mol. The van der Waals surface area contributed by atoms with Gasteiger partial charge < -0.3 is 14.6 Å². The van der Waals surface area contributed by atoms with Crippen LogP contribution in [0.25, 0.3) is 0 Å². The van der Waals surface area contributed by atoms with Gasteiger partial charge in [0.15, 0.2) is 6.61 Å². The Hall–Kier alpha value is -2.53. The van der Waals surface area contributed by atoms with Gasteiger partial charge in [0.25, 0.3) is 0 Å². The molecule has 1 unspecified atom stereocenters. The zero-order valence-electron chi connectivity index (χ0n) is 13.6. The Morgan fingerprint density at radius 3 is 2.75 bits per heavy atom. The van der Waals surface area contributed by atoms with Gasteiger partial charge in [0.05, 0.1) is 0 Å². The van der Waals surface area contributed by atoms with E-state index in [4.69, 9.17) is 14.6 Å². The van der Waals surface area contributed by atoms with E-state index in [0.717, 1.165) is 24.4 Å². The highest BCUT2D eigenvalue weighted by Gasteiger charge is 2.21. The molecular formula is C19H21NO4. The minimum atomic E-state index is -0.976. The molecule has 0 radical (unpaired) electrons. The molecule has 0 aromatic heterocycles. The topological polar surface area (TPSA) is 59.0 Å². The van der Waals surface area contributed by atoms with Gasteiger partial charge in [0, 0.05) is 24.7 Å². The fraction of sp³-hybridized carbons (Fsp3) is 0.316. The number of hydrogen-bond donors (Lipinski definition) is 1. The number of carboxylic acid groups (broad SMARTS) is 1. The van der Waals surface area contributed by atoms with Crippen LogP contribution in [0.2, 0.25) is 0 Å². The number of hydrogen-bond acceptors (Lipinski definition) is 4. The maximum absolute atomic E-state index is 10.5. The minimum absolute atomic E-state index is 0.306. The quantitative estimate of drug-likeness (QED) is 0.915. The second kappa shape index (κ2) is 7.36. The lowest BCUT2D eigenvalue weighted by molar-refractivity contribution is -0.139. The van der Waals surface area contributed by atoms with Gasteiger partial charge in [-0.05, 0) is 30.7 Å². The molecule has 3 rings (SSSR count). The number of ether oxygens (including phenoxy) is 2. The highest BCUT2D eigenvalue weighted by atomic mass is 16.5. The first-order chi connectivity index (χ1) is 11.6. The second-order valence-corrected chi connectivity index (χ2v) is 6.00. The van der Waals surface area contributed by atoms with Crippen molar-refractivity contribution in [1.82, 2.24) is 4.90 Å². The maximum Gasteiger partial charge on any atom is 0.341 e. The van der Waals surface area contributed by atoms with Crippen LogP contribution in [0, 0.1) is 0 Å². The van der Waals surface area contributed by atoms with Crippen LogP contribution in [-0.4, -0.2) is 35.2 Å². The third-order valence-corrected chi connectivity index (χ3v) is 4.12. The first-order valence-electron chi connectivity index (χ1n) is 8.00. The van der Waals surface area contributed by atoms with Crippen LogP contribution in [0.5, 0.6) is 11.5 Å². The van der Waals surface area contributed by atoms with Gasteiger partial charge in [0.1, 0.15) is 18.1 Å². The molecule has 0 aliphatic carbocycles. The Kier molecular flexibility index (Phi) is 5.01. The molecular weight excluding hydrogens is 306 g/mol. The average Bonchev–Trinajstić information content (AvgIpc) is 2.74. The summed E-state index contributed by atoms with van der Waals surface area (Å²) in [5.74, 6) is 0.555. The Morgan fingerprint density at radius 1 is 1.25 bits per heavy atom. The number of rotatable bonds is 5. The summed E-state index contributed by atoms with van der Waals surface area (Å²) in [5, 5.41) is 8.64. The molecule has 0 saturated carbocycles. The van der Waals surface area contributed by atoms with Crippen LogP contribution in [-0.2, 0) is 17.9 Å². The predicted octanol–water partition coefficient (Wildman–Crippen LogP) is 2.93. The summed E-state index contributed by atoms with van der Waals surface area (Å²) in [6.45, 7) is 4.15. The Labute approximate surface area is 141 Å². The molecule has 0 amide bonds. The standard InChI is InChI=1S/C19H21NO4/c1-14-12-24-18-5-3-2-4-16(18)11-20(14)10-15-6-8-17(9-7-15)23-13-19(21)22/h2-9,14H,10-13H2,1H3,(H,21,22). The summed E-state index contributed by atoms with van der Waals surface area (Å²) in [4.78, 5) is 12.9. The Balaban J connectivity index is 1.67. The van der Waals surface area contributed by atoms with Crippen LogP contribution < -0.4 is 9.47 Å². The molecule has 126 valence electrons. The van der Waals surface area contributed by atoms with Crippen molar-refractivity contribution in [2.45, 2.75) is 26.1 Å². The smallest absolute Gasteiger partial charge is 0.341 e. The third kappa shape index (κ3) is 4.06. The van der Waals surface area contributed by atoms with E-state index < -0.39 is 5.97 Å². The lowest BCUT2D eigenvalue weighted by atomic mass is 10.1. The van der Waals surface area contributed by atoms with Crippen molar-refractivity contribution in [3.05, 3.63) is 59.7 Å². The fourth-order valence-corrected chi connectivity index (χ4v) is 2.75. The normalized spacial score (nSPS) is 17.5. The van der Waals surface area contributed by atoms with Gasteiger partial charge in [-0.15, -0.1) is 0 Å². The molecule has 1 aliphatic rings. The van der Waals surface area contributed by atoms with Crippen molar-refractivity contribution >= 4 is 5.97 Å². The average molecular weight is 327 g/mol. The SMILES string of the molecule is CC1COc2ccccc2CN1Cc1ccc(OCC(=O)O)cc1. The molecule has 1 aliphatic heterocycles. The lowest BCUT2D eigenvalue weighted by Gasteiger charge is -2.26. The van der Waals surface area contributed by atoms with Gasteiger partial charge in [0.2, 0.25) is 0 Å². The van der Waals surface area contributed by atoms with Crippen molar-refractivity contribution < 1.29 is 19.4 Å². The molecule has 0 spiro atoms. The summed E-state index contributed by atoms with van der Waals surface area (Å²) in [5.41, 5.74) is 2.35. The number of carboxylic acids is 1. The molecule has 0 fully saturated rings. The summed E-state index contributed by atoms with van der Waals surface area (Å²) >= 11 is 0. The van der Waals surface area contributed by atoms with Crippen LogP contribution >= 0.6 is 0 Å². The molecule has 1 N–H and O–H groups in total. The van der Waals surface area contributed by atoms with E-state index in [1.54, 1.807) is 0 Å². The number of nitrogens with zero attached hydrogens (tertiary/aromatic N) is 1. The number of carbonyl (C=O) groups is 1. The molecule has 1 heterocycles. The van der Waals surface area contributed by atoms with E-state index in [1.807, 2.05) is 42.5 Å². The van der Waals surface area contributed by atoms with E-state index in [2.05, 4.69) is 17.9 Å². The van der Waals surface area contributed by atoms with E-state index in [9.17, 15) is 4.79 Å². The second-order valence-electron chi connectivity index (χ2n) is 6.00. The van der Waals surface area contributed by atoms with E-state index in [1.165, 1.54) is 5.56 Å². The highest BCUT2D eigenvalue weighted by Crippen LogP contribution is 2.26. The Morgan fingerprint density at radius 2 is 2.00 bits per heavy atom. The molecule has 0 saturated heterocycles. The number of para-hydroxylation sites is 1. The van der Waals surface area contributed by atoms with Crippen LogP contribution in [0.1, 0.15) is 18.1 Å². The zero-order chi connectivity index (χ0) is 16.9. The number of benzene rings is 2. The van der Waals surface area contributed by atoms with Crippen LogP contribution in [0.15, 0.2) is 48.5 Å². The van der Waals surface area contributed by atoms with Gasteiger partial charge in [-0.2, -0.15) is 0 Å². The van der Waals surface area contributed by atoms with E-state index >= 15 is 0 Å². The van der Waals surface area contributed by atoms with Crippen molar-refractivity contribution in [1.29, 1.82) is 0 Å². The van der Waals surface area contributed by atoms with Crippen molar-refractivity contribution in [3.8, 4) is 11.5 Å². The van der Waals surface area contributed by atoms with Gasteiger partial charge in [-0.1, -0.05) is 30.3 Å². The van der Waals surface area contributed by atoms with Crippen molar-refractivity contribution in [2.24, 2.45) is 0 Å². The molecule has 5 nitrogen and oxygen atoms in total. The van der Waals surface area contributed by atoms with Gasteiger partial charge >= 0.3 is 5.97 Å². The minimum Gasteiger partial charge on any atom is -0.492 e. The maximum atomic E-state index is 10.5. The predicted molar refractivity (Wildman–Crippen MR) is 90.2 cm³/mol. The highest BCUT2D eigenvalue weighted by molar-refractivity contribution is 5.68. The molecule has 0 bridgehead atoms.